The summed E-state index contributed by atoms with van der Waals surface area (Å²) in [6, 6.07) is 10.4. The van der Waals surface area contributed by atoms with E-state index in [1.165, 1.54) is 12.8 Å². The maximum Gasteiger partial charge on any atom is 0.230 e. The van der Waals surface area contributed by atoms with Crippen molar-refractivity contribution < 1.29 is 9.26 Å². The molecule has 1 heterocycles. The average Bonchev–Trinajstić information content (AvgIpc) is 3.17. The normalized spacial score (nSPS) is 14.5. The third-order valence-corrected chi connectivity index (χ3v) is 2.96. The maximum absolute atomic E-state index is 5.58. The molecule has 0 amide bonds. The Hall–Kier alpha value is -1.88. The van der Waals surface area contributed by atoms with Crippen molar-refractivity contribution in [2.45, 2.75) is 31.8 Å². The highest BCUT2D eigenvalue weighted by molar-refractivity contribution is 5.20. The first-order valence-corrected chi connectivity index (χ1v) is 6.63. The molecule has 0 saturated heterocycles. The molecule has 1 aliphatic rings. The summed E-state index contributed by atoms with van der Waals surface area (Å²) in [6.07, 6.45) is 3.15. The molecule has 100 valence electrons. The van der Waals surface area contributed by atoms with E-state index in [4.69, 9.17) is 9.26 Å². The van der Waals surface area contributed by atoms with Crippen molar-refractivity contribution in [2.75, 3.05) is 6.61 Å². The summed E-state index contributed by atoms with van der Waals surface area (Å²) in [6.45, 7) is 1.23. The van der Waals surface area contributed by atoms with Gasteiger partial charge in [0.25, 0.3) is 0 Å². The fourth-order valence-electron chi connectivity index (χ4n) is 1.76. The van der Waals surface area contributed by atoms with Crippen LogP contribution in [0.1, 0.15) is 24.6 Å². The molecule has 5 nitrogen and oxygen atoms in total. The van der Waals surface area contributed by atoms with Gasteiger partial charge >= 0.3 is 0 Å². The molecule has 0 bridgehead atoms. The minimum absolute atomic E-state index is 0.543. The van der Waals surface area contributed by atoms with Crippen LogP contribution < -0.4 is 10.1 Å². The van der Waals surface area contributed by atoms with Crippen LogP contribution in [0.5, 0.6) is 5.75 Å². The third-order valence-electron chi connectivity index (χ3n) is 2.96. The predicted octanol–water partition coefficient (Wildman–Crippen LogP) is 1.94. The van der Waals surface area contributed by atoms with E-state index in [1.807, 2.05) is 30.3 Å². The van der Waals surface area contributed by atoms with Gasteiger partial charge in [-0.2, -0.15) is 4.98 Å². The van der Waals surface area contributed by atoms with Crippen LogP contribution in [0.15, 0.2) is 34.9 Å². The topological polar surface area (TPSA) is 60.2 Å². The van der Waals surface area contributed by atoms with E-state index < -0.39 is 0 Å². The van der Waals surface area contributed by atoms with Crippen LogP contribution in [0.3, 0.4) is 0 Å². The summed E-state index contributed by atoms with van der Waals surface area (Å²) in [5.74, 6) is 2.21. The van der Waals surface area contributed by atoms with Crippen molar-refractivity contribution in [3.05, 3.63) is 42.0 Å². The van der Waals surface area contributed by atoms with Gasteiger partial charge in [0.2, 0.25) is 5.89 Å². The first kappa shape index (κ1) is 12.2. The zero-order chi connectivity index (χ0) is 12.9. The summed E-state index contributed by atoms with van der Waals surface area (Å²) in [7, 11) is 0. The molecule has 1 saturated carbocycles. The number of hydrogen-bond acceptors (Lipinski definition) is 5. The van der Waals surface area contributed by atoms with Crippen LogP contribution in [-0.2, 0) is 13.0 Å². The van der Waals surface area contributed by atoms with Crippen molar-refractivity contribution >= 4 is 0 Å². The van der Waals surface area contributed by atoms with Gasteiger partial charge in [-0.25, -0.2) is 0 Å². The maximum atomic E-state index is 5.58. The molecule has 2 aromatic rings. The highest BCUT2D eigenvalue weighted by atomic mass is 16.5. The lowest BCUT2D eigenvalue weighted by Gasteiger charge is -2.02. The summed E-state index contributed by atoms with van der Waals surface area (Å²) < 4.78 is 10.8. The fraction of sp³-hybridized carbons (Fsp3) is 0.429. The number of aromatic nitrogens is 2. The summed E-state index contributed by atoms with van der Waals surface area (Å²) >= 11 is 0. The lowest BCUT2D eigenvalue weighted by molar-refractivity contribution is 0.291. The van der Waals surface area contributed by atoms with E-state index in [9.17, 15) is 0 Å². The molecule has 1 fully saturated rings. The number of para-hydroxylation sites is 1. The molecule has 1 aliphatic carbocycles. The number of benzene rings is 1. The highest BCUT2D eigenvalue weighted by Crippen LogP contribution is 2.18. The minimum Gasteiger partial charge on any atom is -0.493 e. The van der Waals surface area contributed by atoms with Crippen molar-refractivity contribution in [3.8, 4) is 5.75 Å². The van der Waals surface area contributed by atoms with Gasteiger partial charge in [0.15, 0.2) is 5.82 Å². The van der Waals surface area contributed by atoms with Gasteiger partial charge < -0.3 is 14.6 Å². The fourth-order valence-corrected chi connectivity index (χ4v) is 1.76. The minimum atomic E-state index is 0.543. The zero-order valence-corrected chi connectivity index (χ0v) is 10.7. The Kier molecular flexibility index (Phi) is 3.74. The van der Waals surface area contributed by atoms with Crippen LogP contribution in [0.4, 0.5) is 0 Å². The van der Waals surface area contributed by atoms with Gasteiger partial charge in [-0.05, 0) is 25.0 Å². The molecule has 0 aliphatic heterocycles. The van der Waals surface area contributed by atoms with Crippen LogP contribution in [0, 0.1) is 0 Å². The number of nitrogens with zero attached hydrogens (tertiary/aromatic N) is 2. The number of ether oxygens (including phenoxy) is 1. The monoisotopic (exact) mass is 259 g/mol. The molecule has 1 aromatic heterocycles. The lowest BCUT2D eigenvalue weighted by atomic mass is 10.3. The van der Waals surface area contributed by atoms with E-state index in [0.717, 1.165) is 11.6 Å². The molecule has 0 unspecified atom stereocenters. The Morgan fingerprint density at radius 2 is 2.11 bits per heavy atom. The average molecular weight is 259 g/mol. The summed E-state index contributed by atoms with van der Waals surface area (Å²) in [5, 5.41) is 7.29. The van der Waals surface area contributed by atoms with Gasteiger partial charge in [-0.1, -0.05) is 23.4 Å². The molecule has 0 atom stereocenters. The second kappa shape index (κ2) is 5.84. The van der Waals surface area contributed by atoms with E-state index in [1.54, 1.807) is 0 Å². The van der Waals surface area contributed by atoms with Crippen LogP contribution in [-0.4, -0.2) is 22.8 Å². The molecular formula is C14H17N3O2. The Morgan fingerprint density at radius 1 is 1.26 bits per heavy atom. The standard InChI is InChI=1S/C14H17N3O2/c1-2-4-12(5-3-1)18-9-8-14-16-13(17-19-14)10-15-11-6-7-11/h1-5,11,15H,6-10H2. The second-order valence-electron chi connectivity index (χ2n) is 4.67. The van der Waals surface area contributed by atoms with E-state index in [2.05, 4.69) is 15.5 Å². The van der Waals surface area contributed by atoms with Crippen molar-refractivity contribution in [1.82, 2.24) is 15.5 Å². The van der Waals surface area contributed by atoms with Crippen molar-refractivity contribution in [2.24, 2.45) is 0 Å². The number of nitrogens with one attached hydrogen (secondary N) is 1. The van der Waals surface area contributed by atoms with Crippen LogP contribution in [0.25, 0.3) is 0 Å². The second-order valence-corrected chi connectivity index (χ2v) is 4.67. The molecule has 0 spiro atoms. The molecule has 0 radical (unpaired) electrons. The smallest absolute Gasteiger partial charge is 0.230 e. The molecule has 1 N–H and O–H groups in total. The van der Waals surface area contributed by atoms with E-state index in [0.29, 0.717) is 31.5 Å². The molecule has 1 aromatic carbocycles. The molecule has 5 heteroatoms. The largest absolute Gasteiger partial charge is 0.493 e. The summed E-state index contributed by atoms with van der Waals surface area (Å²) in [5.41, 5.74) is 0. The molecular weight excluding hydrogens is 242 g/mol. The van der Waals surface area contributed by atoms with Crippen molar-refractivity contribution in [1.29, 1.82) is 0 Å². The first-order chi connectivity index (χ1) is 9.40. The Bertz CT molecular complexity index is 508. The highest BCUT2D eigenvalue weighted by Gasteiger charge is 2.20. The van der Waals surface area contributed by atoms with Crippen LogP contribution >= 0.6 is 0 Å². The van der Waals surface area contributed by atoms with Gasteiger partial charge in [0.05, 0.1) is 19.6 Å². The Labute approximate surface area is 112 Å². The molecule has 19 heavy (non-hydrogen) atoms. The van der Waals surface area contributed by atoms with E-state index >= 15 is 0 Å². The Balaban J connectivity index is 1.42. The summed E-state index contributed by atoms with van der Waals surface area (Å²) in [4.78, 5) is 4.32. The first-order valence-electron chi connectivity index (χ1n) is 6.63. The van der Waals surface area contributed by atoms with Gasteiger partial charge in [0, 0.05) is 6.04 Å². The quantitative estimate of drug-likeness (QED) is 0.823. The third kappa shape index (κ3) is 3.79. The zero-order valence-electron chi connectivity index (χ0n) is 10.7. The van der Waals surface area contributed by atoms with Crippen molar-refractivity contribution in [3.63, 3.8) is 0 Å². The lowest BCUT2D eigenvalue weighted by Crippen LogP contribution is -2.16. The predicted molar refractivity (Wildman–Crippen MR) is 69.8 cm³/mol. The number of rotatable bonds is 7. The number of hydrogen-bond donors (Lipinski definition) is 1. The van der Waals surface area contributed by atoms with Gasteiger partial charge in [-0.15, -0.1) is 0 Å². The van der Waals surface area contributed by atoms with Gasteiger partial charge in [0.1, 0.15) is 5.75 Å². The SMILES string of the molecule is c1ccc(OCCc2nc(CNC3CC3)no2)cc1. The Morgan fingerprint density at radius 3 is 2.89 bits per heavy atom. The van der Waals surface area contributed by atoms with Crippen LogP contribution in [0.2, 0.25) is 0 Å². The van der Waals surface area contributed by atoms with Gasteiger partial charge in [-0.3, -0.25) is 0 Å². The van der Waals surface area contributed by atoms with E-state index in [-0.39, 0.29) is 0 Å². The molecule has 3 rings (SSSR count).